The van der Waals surface area contributed by atoms with Crippen LogP contribution in [0, 0.1) is 5.41 Å². The maximum Gasteiger partial charge on any atom is 0.341 e. The standard InChI is InChI=1S/C15H25N3O2/c1-5-18(11-15(3,4)10-16)13-12(8-7-9-17-13)14(19)20-6-2/h7-9H,5-6,10-11,16H2,1-4H3. The van der Waals surface area contributed by atoms with Crippen molar-refractivity contribution in [3.8, 4) is 0 Å². The van der Waals surface area contributed by atoms with Crippen LogP contribution in [0.25, 0.3) is 0 Å². The van der Waals surface area contributed by atoms with E-state index in [1.807, 2.05) is 6.92 Å². The monoisotopic (exact) mass is 279 g/mol. The molecule has 5 nitrogen and oxygen atoms in total. The second-order valence-electron chi connectivity index (χ2n) is 5.48. The number of carbonyl (C=O) groups is 1. The Hall–Kier alpha value is -1.62. The number of pyridine rings is 1. The van der Waals surface area contributed by atoms with Crippen molar-refractivity contribution in [2.24, 2.45) is 11.1 Å². The van der Waals surface area contributed by atoms with Gasteiger partial charge in [-0.25, -0.2) is 9.78 Å². The summed E-state index contributed by atoms with van der Waals surface area (Å²) in [6, 6.07) is 3.50. The maximum atomic E-state index is 12.0. The molecule has 20 heavy (non-hydrogen) atoms. The van der Waals surface area contributed by atoms with Crippen LogP contribution in [0.5, 0.6) is 0 Å². The molecule has 112 valence electrons. The Morgan fingerprint density at radius 1 is 1.45 bits per heavy atom. The molecule has 0 radical (unpaired) electrons. The molecule has 0 atom stereocenters. The lowest BCUT2D eigenvalue weighted by Crippen LogP contribution is -2.39. The van der Waals surface area contributed by atoms with Crippen molar-refractivity contribution in [3.05, 3.63) is 23.9 Å². The van der Waals surface area contributed by atoms with E-state index in [9.17, 15) is 4.79 Å². The number of carbonyl (C=O) groups excluding carboxylic acids is 1. The first-order chi connectivity index (χ1) is 9.45. The zero-order chi connectivity index (χ0) is 15.2. The second kappa shape index (κ2) is 7.24. The molecule has 0 saturated carbocycles. The zero-order valence-corrected chi connectivity index (χ0v) is 12.8. The average molecular weight is 279 g/mol. The molecule has 1 rings (SSSR count). The van der Waals surface area contributed by atoms with Crippen molar-refractivity contribution in [2.75, 3.05) is 31.1 Å². The minimum Gasteiger partial charge on any atom is -0.462 e. The zero-order valence-electron chi connectivity index (χ0n) is 12.8. The van der Waals surface area contributed by atoms with Crippen LogP contribution in [0.15, 0.2) is 18.3 Å². The molecule has 0 unspecified atom stereocenters. The number of nitrogens with two attached hydrogens (primary N) is 1. The van der Waals surface area contributed by atoms with Gasteiger partial charge in [-0.15, -0.1) is 0 Å². The molecule has 1 heterocycles. The molecule has 0 amide bonds. The molecule has 0 fully saturated rings. The van der Waals surface area contributed by atoms with E-state index < -0.39 is 0 Å². The largest absolute Gasteiger partial charge is 0.462 e. The number of ether oxygens (including phenoxy) is 1. The molecule has 0 aliphatic heterocycles. The molecule has 0 bridgehead atoms. The molecule has 0 aliphatic carbocycles. The Balaban J connectivity index is 3.06. The summed E-state index contributed by atoms with van der Waals surface area (Å²) in [5, 5.41) is 0. The van der Waals surface area contributed by atoms with E-state index in [4.69, 9.17) is 10.5 Å². The molecule has 0 saturated heterocycles. The van der Waals surface area contributed by atoms with Gasteiger partial charge in [0.15, 0.2) is 0 Å². The smallest absolute Gasteiger partial charge is 0.341 e. The molecule has 5 heteroatoms. The van der Waals surface area contributed by atoms with Crippen LogP contribution in [0.2, 0.25) is 0 Å². The number of esters is 1. The lowest BCUT2D eigenvalue weighted by molar-refractivity contribution is 0.0526. The van der Waals surface area contributed by atoms with Crippen molar-refractivity contribution in [3.63, 3.8) is 0 Å². The third-order valence-electron chi connectivity index (χ3n) is 3.13. The number of anilines is 1. The Kier molecular flexibility index (Phi) is 5.95. The van der Waals surface area contributed by atoms with Crippen LogP contribution in [0.4, 0.5) is 5.82 Å². The highest BCUT2D eigenvalue weighted by molar-refractivity contribution is 5.94. The van der Waals surface area contributed by atoms with Crippen LogP contribution < -0.4 is 10.6 Å². The highest BCUT2D eigenvalue weighted by atomic mass is 16.5. The molecular formula is C15H25N3O2. The van der Waals surface area contributed by atoms with E-state index in [1.54, 1.807) is 25.3 Å². The molecule has 1 aromatic heterocycles. The van der Waals surface area contributed by atoms with Gasteiger partial charge in [0.05, 0.1) is 6.61 Å². The molecule has 1 aromatic rings. The van der Waals surface area contributed by atoms with Gasteiger partial charge in [0, 0.05) is 19.3 Å². The third-order valence-corrected chi connectivity index (χ3v) is 3.13. The number of aromatic nitrogens is 1. The third kappa shape index (κ3) is 4.20. The summed E-state index contributed by atoms with van der Waals surface area (Å²) in [7, 11) is 0. The average Bonchev–Trinajstić information content (AvgIpc) is 2.45. The first kappa shape index (κ1) is 16.4. The van der Waals surface area contributed by atoms with E-state index in [0.717, 1.165) is 13.1 Å². The van der Waals surface area contributed by atoms with Gasteiger partial charge in [-0.3, -0.25) is 0 Å². The van der Waals surface area contributed by atoms with Gasteiger partial charge in [0.25, 0.3) is 0 Å². The van der Waals surface area contributed by atoms with E-state index in [1.165, 1.54) is 0 Å². The normalized spacial score (nSPS) is 11.2. The van der Waals surface area contributed by atoms with Gasteiger partial charge in [-0.2, -0.15) is 0 Å². The van der Waals surface area contributed by atoms with Crippen LogP contribution in [0.3, 0.4) is 0 Å². The van der Waals surface area contributed by atoms with E-state index in [0.29, 0.717) is 24.5 Å². The SMILES string of the molecule is CCOC(=O)c1cccnc1N(CC)CC(C)(C)CN. The Morgan fingerprint density at radius 3 is 2.70 bits per heavy atom. The van der Waals surface area contributed by atoms with Crippen molar-refractivity contribution in [1.29, 1.82) is 0 Å². The number of nitrogens with zero attached hydrogens (tertiary/aromatic N) is 2. The Morgan fingerprint density at radius 2 is 2.15 bits per heavy atom. The summed E-state index contributed by atoms with van der Waals surface area (Å²) in [5.74, 6) is 0.328. The van der Waals surface area contributed by atoms with Gasteiger partial charge in [-0.05, 0) is 37.9 Å². The van der Waals surface area contributed by atoms with Gasteiger partial charge in [0.1, 0.15) is 11.4 Å². The Bertz CT molecular complexity index is 446. The van der Waals surface area contributed by atoms with E-state index in [-0.39, 0.29) is 11.4 Å². The summed E-state index contributed by atoms with van der Waals surface area (Å²) < 4.78 is 5.09. The summed E-state index contributed by atoms with van der Waals surface area (Å²) in [4.78, 5) is 18.4. The highest BCUT2D eigenvalue weighted by Gasteiger charge is 2.24. The van der Waals surface area contributed by atoms with Gasteiger partial charge < -0.3 is 15.4 Å². The van der Waals surface area contributed by atoms with Gasteiger partial charge in [-0.1, -0.05) is 13.8 Å². The quantitative estimate of drug-likeness (QED) is 0.774. The van der Waals surface area contributed by atoms with E-state index in [2.05, 4.69) is 23.7 Å². The number of rotatable bonds is 7. The fourth-order valence-corrected chi connectivity index (χ4v) is 1.93. The highest BCUT2D eigenvalue weighted by Crippen LogP contribution is 2.23. The predicted molar refractivity (Wildman–Crippen MR) is 80.9 cm³/mol. The van der Waals surface area contributed by atoms with Gasteiger partial charge in [0.2, 0.25) is 0 Å². The van der Waals surface area contributed by atoms with Crippen molar-refractivity contribution < 1.29 is 9.53 Å². The Labute approximate surface area is 121 Å². The van der Waals surface area contributed by atoms with Gasteiger partial charge >= 0.3 is 5.97 Å². The van der Waals surface area contributed by atoms with Crippen molar-refractivity contribution >= 4 is 11.8 Å². The topological polar surface area (TPSA) is 68.5 Å². The summed E-state index contributed by atoms with van der Waals surface area (Å²) >= 11 is 0. The lowest BCUT2D eigenvalue weighted by atomic mass is 9.93. The van der Waals surface area contributed by atoms with E-state index >= 15 is 0 Å². The molecular weight excluding hydrogens is 254 g/mol. The van der Waals surface area contributed by atoms with Crippen molar-refractivity contribution in [2.45, 2.75) is 27.7 Å². The first-order valence-electron chi connectivity index (χ1n) is 7.02. The molecule has 0 spiro atoms. The fourth-order valence-electron chi connectivity index (χ4n) is 1.93. The summed E-state index contributed by atoms with van der Waals surface area (Å²) in [6.07, 6.45) is 1.69. The number of hydrogen-bond donors (Lipinski definition) is 1. The number of hydrogen-bond acceptors (Lipinski definition) is 5. The molecule has 0 aliphatic rings. The van der Waals surface area contributed by atoms with Crippen molar-refractivity contribution in [1.82, 2.24) is 4.98 Å². The second-order valence-corrected chi connectivity index (χ2v) is 5.48. The van der Waals surface area contributed by atoms with Crippen LogP contribution in [-0.4, -0.2) is 37.2 Å². The minimum absolute atomic E-state index is 0.0422. The van der Waals surface area contributed by atoms with Crippen LogP contribution in [-0.2, 0) is 4.74 Å². The lowest BCUT2D eigenvalue weighted by Gasteiger charge is -2.32. The molecule has 2 N–H and O–H groups in total. The summed E-state index contributed by atoms with van der Waals surface area (Å²) in [6.45, 7) is 10.5. The first-order valence-corrected chi connectivity index (χ1v) is 7.02. The van der Waals surface area contributed by atoms with Crippen LogP contribution >= 0.6 is 0 Å². The summed E-state index contributed by atoms with van der Waals surface area (Å²) in [5.41, 5.74) is 6.26. The predicted octanol–water partition coefficient (Wildman–Crippen LogP) is 2.07. The fraction of sp³-hybridized carbons (Fsp3) is 0.600. The minimum atomic E-state index is -0.334. The maximum absolute atomic E-state index is 12.0. The van der Waals surface area contributed by atoms with Crippen LogP contribution in [0.1, 0.15) is 38.1 Å². The molecule has 0 aromatic carbocycles.